The third-order valence-corrected chi connectivity index (χ3v) is 4.33. The summed E-state index contributed by atoms with van der Waals surface area (Å²) in [7, 11) is 1.68. The number of ether oxygens (including phenoxy) is 2. The monoisotopic (exact) mass is 312 g/mol. The molecule has 6 heteroatoms. The van der Waals surface area contributed by atoms with Crippen LogP contribution >= 0.6 is 0 Å². The van der Waals surface area contributed by atoms with E-state index >= 15 is 0 Å². The molecule has 0 saturated carbocycles. The number of nitrogens with zero attached hydrogens (tertiary/aromatic N) is 4. The summed E-state index contributed by atoms with van der Waals surface area (Å²) < 4.78 is 11.0. The average molecular weight is 312 g/mol. The first-order chi connectivity index (χ1) is 11.4. The van der Waals surface area contributed by atoms with Gasteiger partial charge >= 0.3 is 0 Å². The Morgan fingerprint density at radius 3 is 2.57 bits per heavy atom. The molecule has 0 amide bonds. The second-order valence-electron chi connectivity index (χ2n) is 5.67. The summed E-state index contributed by atoms with van der Waals surface area (Å²) in [6.45, 7) is 3.95. The molecule has 120 valence electrons. The van der Waals surface area contributed by atoms with E-state index in [1.54, 1.807) is 7.11 Å². The predicted octanol–water partition coefficient (Wildman–Crippen LogP) is 2.02. The molecule has 0 atom stereocenters. The molecule has 2 aliphatic heterocycles. The number of hydrogen-bond acceptors (Lipinski definition) is 6. The molecule has 2 aromatic rings. The summed E-state index contributed by atoms with van der Waals surface area (Å²) in [5, 5.41) is 0. The van der Waals surface area contributed by atoms with Crippen molar-refractivity contribution >= 4 is 17.5 Å². The van der Waals surface area contributed by atoms with Gasteiger partial charge in [-0.3, -0.25) is 0 Å². The van der Waals surface area contributed by atoms with Gasteiger partial charge in [-0.25, -0.2) is 0 Å². The minimum atomic E-state index is 0.690. The maximum absolute atomic E-state index is 5.54. The van der Waals surface area contributed by atoms with Gasteiger partial charge in [0.2, 0.25) is 11.8 Å². The highest BCUT2D eigenvalue weighted by molar-refractivity contribution is 5.69. The standard InChI is InChI=1S/C17H20N4O2/c1-22-16-14-7-8-21(13-5-3-2-4-6-13)15(14)18-17(19-16)20-9-11-23-12-10-20/h2-6H,7-12H2,1H3. The number of rotatable bonds is 3. The number of methoxy groups -OCH3 is 1. The molecule has 0 aliphatic carbocycles. The lowest BCUT2D eigenvalue weighted by atomic mass is 10.2. The van der Waals surface area contributed by atoms with Crippen molar-refractivity contribution in [1.82, 2.24) is 9.97 Å². The Hall–Kier alpha value is -2.34. The molecule has 6 nitrogen and oxygen atoms in total. The second kappa shape index (κ2) is 6.04. The second-order valence-corrected chi connectivity index (χ2v) is 5.67. The molecule has 3 heterocycles. The van der Waals surface area contributed by atoms with Crippen LogP contribution in [-0.2, 0) is 11.2 Å². The summed E-state index contributed by atoms with van der Waals surface area (Å²) in [5.74, 6) is 2.38. The van der Waals surface area contributed by atoms with Crippen molar-refractivity contribution in [1.29, 1.82) is 0 Å². The van der Waals surface area contributed by atoms with E-state index in [0.717, 1.165) is 49.1 Å². The first-order valence-electron chi connectivity index (χ1n) is 7.97. The zero-order valence-electron chi connectivity index (χ0n) is 13.2. The molecule has 1 saturated heterocycles. The van der Waals surface area contributed by atoms with Crippen LogP contribution in [-0.4, -0.2) is 49.9 Å². The fraction of sp³-hybridized carbons (Fsp3) is 0.412. The van der Waals surface area contributed by atoms with Crippen molar-refractivity contribution in [2.45, 2.75) is 6.42 Å². The van der Waals surface area contributed by atoms with E-state index in [1.807, 2.05) is 6.07 Å². The van der Waals surface area contributed by atoms with Gasteiger partial charge in [0, 0.05) is 25.3 Å². The van der Waals surface area contributed by atoms with Crippen LogP contribution < -0.4 is 14.5 Å². The Morgan fingerprint density at radius 2 is 1.83 bits per heavy atom. The van der Waals surface area contributed by atoms with Gasteiger partial charge in [-0.05, 0) is 18.6 Å². The summed E-state index contributed by atoms with van der Waals surface area (Å²) in [6, 6.07) is 10.3. The van der Waals surface area contributed by atoms with Crippen LogP contribution in [0.3, 0.4) is 0 Å². The molecule has 0 N–H and O–H groups in total. The van der Waals surface area contributed by atoms with E-state index in [-0.39, 0.29) is 0 Å². The Bertz CT molecular complexity index is 686. The van der Waals surface area contributed by atoms with E-state index in [4.69, 9.17) is 14.5 Å². The predicted molar refractivity (Wildman–Crippen MR) is 88.8 cm³/mol. The molecule has 1 aromatic heterocycles. The fourth-order valence-electron chi connectivity index (χ4n) is 3.15. The number of hydrogen-bond donors (Lipinski definition) is 0. The van der Waals surface area contributed by atoms with Crippen LogP contribution in [0.5, 0.6) is 5.88 Å². The van der Waals surface area contributed by atoms with Crippen molar-refractivity contribution in [3.8, 4) is 5.88 Å². The Balaban J connectivity index is 1.75. The molecule has 23 heavy (non-hydrogen) atoms. The smallest absolute Gasteiger partial charge is 0.230 e. The molecule has 0 radical (unpaired) electrons. The van der Waals surface area contributed by atoms with Crippen LogP contribution in [0.1, 0.15) is 5.56 Å². The zero-order chi connectivity index (χ0) is 15.6. The summed E-state index contributed by atoms with van der Waals surface area (Å²) in [6.07, 6.45) is 0.900. The normalized spacial score (nSPS) is 17.3. The summed E-state index contributed by atoms with van der Waals surface area (Å²) in [4.78, 5) is 13.9. The quantitative estimate of drug-likeness (QED) is 0.864. The van der Waals surface area contributed by atoms with E-state index in [1.165, 1.54) is 0 Å². The maximum Gasteiger partial charge on any atom is 0.230 e. The molecule has 2 aliphatic rings. The van der Waals surface area contributed by atoms with Crippen LogP contribution in [0.15, 0.2) is 30.3 Å². The first-order valence-corrected chi connectivity index (χ1v) is 7.97. The number of anilines is 3. The van der Waals surface area contributed by atoms with Gasteiger partial charge in [0.15, 0.2) is 0 Å². The van der Waals surface area contributed by atoms with Crippen LogP contribution in [0.25, 0.3) is 0 Å². The van der Waals surface area contributed by atoms with Gasteiger partial charge < -0.3 is 19.3 Å². The average Bonchev–Trinajstić information content (AvgIpc) is 3.06. The lowest BCUT2D eigenvalue weighted by Gasteiger charge is -2.28. The molecule has 1 fully saturated rings. The van der Waals surface area contributed by atoms with Crippen molar-refractivity contribution < 1.29 is 9.47 Å². The van der Waals surface area contributed by atoms with Crippen molar-refractivity contribution in [3.05, 3.63) is 35.9 Å². The molecular formula is C17H20N4O2. The van der Waals surface area contributed by atoms with Gasteiger partial charge in [-0.2, -0.15) is 9.97 Å². The number of para-hydroxylation sites is 1. The fourth-order valence-corrected chi connectivity index (χ4v) is 3.15. The van der Waals surface area contributed by atoms with Crippen molar-refractivity contribution in [3.63, 3.8) is 0 Å². The Kier molecular flexibility index (Phi) is 3.75. The maximum atomic E-state index is 5.54. The minimum Gasteiger partial charge on any atom is -0.481 e. The van der Waals surface area contributed by atoms with Crippen LogP contribution in [0.2, 0.25) is 0 Å². The van der Waals surface area contributed by atoms with Gasteiger partial charge in [-0.1, -0.05) is 18.2 Å². The van der Waals surface area contributed by atoms with Crippen molar-refractivity contribution in [2.24, 2.45) is 0 Å². The zero-order valence-corrected chi connectivity index (χ0v) is 13.2. The summed E-state index contributed by atoms with van der Waals surface area (Å²) >= 11 is 0. The van der Waals surface area contributed by atoms with E-state index in [9.17, 15) is 0 Å². The summed E-state index contributed by atoms with van der Waals surface area (Å²) in [5.41, 5.74) is 2.24. The van der Waals surface area contributed by atoms with E-state index in [0.29, 0.717) is 19.1 Å². The van der Waals surface area contributed by atoms with Gasteiger partial charge in [0.1, 0.15) is 5.82 Å². The van der Waals surface area contributed by atoms with Gasteiger partial charge in [0.25, 0.3) is 0 Å². The van der Waals surface area contributed by atoms with Gasteiger partial charge in [0.05, 0.1) is 25.9 Å². The van der Waals surface area contributed by atoms with E-state index in [2.05, 4.69) is 39.0 Å². The largest absolute Gasteiger partial charge is 0.481 e. The van der Waals surface area contributed by atoms with Crippen LogP contribution in [0.4, 0.5) is 17.5 Å². The minimum absolute atomic E-state index is 0.690. The highest BCUT2D eigenvalue weighted by Gasteiger charge is 2.28. The number of fused-ring (bicyclic) bond motifs is 1. The molecule has 0 bridgehead atoms. The lowest BCUT2D eigenvalue weighted by molar-refractivity contribution is 0.122. The molecule has 4 rings (SSSR count). The Morgan fingerprint density at radius 1 is 1.04 bits per heavy atom. The highest BCUT2D eigenvalue weighted by atomic mass is 16.5. The van der Waals surface area contributed by atoms with E-state index < -0.39 is 0 Å². The SMILES string of the molecule is COc1nc(N2CCOCC2)nc2c1CCN2c1ccccc1. The molecule has 0 unspecified atom stereocenters. The Labute approximate surface area is 135 Å². The first kappa shape index (κ1) is 14.3. The number of aromatic nitrogens is 2. The third kappa shape index (κ3) is 2.59. The highest BCUT2D eigenvalue weighted by Crippen LogP contribution is 2.38. The lowest BCUT2D eigenvalue weighted by Crippen LogP contribution is -2.37. The number of morpholine rings is 1. The topological polar surface area (TPSA) is 50.7 Å². The van der Waals surface area contributed by atoms with Crippen molar-refractivity contribution in [2.75, 3.05) is 49.8 Å². The third-order valence-electron chi connectivity index (χ3n) is 4.33. The molecular weight excluding hydrogens is 292 g/mol. The van der Waals surface area contributed by atoms with Crippen LogP contribution in [0, 0.1) is 0 Å². The van der Waals surface area contributed by atoms with Gasteiger partial charge in [-0.15, -0.1) is 0 Å². The molecule has 0 spiro atoms. The number of benzene rings is 1. The molecule has 1 aromatic carbocycles.